The molecule has 6 nitrogen and oxygen atoms in total. The molecule has 0 bridgehead atoms. The van der Waals surface area contributed by atoms with Gasteiger partial charge in [0.1, 0.15) is 0 Å². The number of ether oxygens (including phenoxy) is 1. The molecule has 2 atom stereocenters. The highest BCUT2D eigenvalue weighted by molar-refractivity contribution is 5.95. The number of urea groups is 1. The van der Waals surface area contributed by atoms with Gasteiger partial charge in [-0.25, -0.2) is 4.79 Å². The van der Waals surface area contributed by atoms with Gasteiger partial charge >= 0.3 is 12.0 Å². The summed E-state index contributed by atoms with van der Waals surface area (Å²) in [7, 11) is 0. The average Bonchev–Trinajstić information content (AvgIpc) is 3.23. The van der Waals surface area contributed by atoms with Crippen molar-refractivity contribution < 1.29 is 19.1 Å². The molecule has 0 saturated heterocycles. The summed E-state index contributed by atoms with van der Waals surface area (Å²) in [6.07, 6.45) is 8.52. The van der Waals surface area contributed by atoms with Gasteiger partial charge in [0, 0.05) is 6.54 Å². The molecule has 2 N–H and O–H groups in total. The van der Waals surface area contributed by atoms with Crippen LogP contribution in [0.25, 0.3) is 0 Å². The molecule has 0 aromatic rings. The van der Waals surface area contributed by atoms with E-state index in [-0.39, 0.29) is 11.9 Å². The second-order valence-corrected chi connectivity index (χ2v) is 6.09. The number of carbonyl (C=O) groups excluding carboxylic acids is 3. The minimum Gasteiger partial charge on any atom is -0.455 e. The molecule has 0 heterocycles. The molecule has 0 aliphatic heterocycles. The van der Waals surface area contributed by atoms with E-state index in [1.165, 1.54) is 18.4 Å². The van der Waals surface area contributed by atoms with Gasteiger partial charge in [0.05, 0.1) is 5.92 Å². The summed E-state index contributed by atoms with van der Waals surface area (Å²) in [5.74, 6) is -0.693. The number of carbonyl (C=O) groups is 3. The van der Waals surface area contributed by atoms with Crippen LogP contribution in [0.1, 0.15) is 45.4 Å². The van der Waals surface area contributed by atoms with E-state index in [1.54, 1.807) is 0 Å². The zero-order valence-electron chi connectivity index (χ0n) is 13.0. The van der Waals surface area contributed by atoms with E-state index in [0.717, 1.165) is 25.7 Å². The molecule has 0 radical (unpaired) electrons. The molecule has 122 valence electrons. The quantitative estimate of drug-likeness (QED) is 0.580. The summed E-state index contributed by atoms with van der Waals surface area (Å²) in [6.45, 7) is 2.06. The standard InChI is InChI=1S/C16H24N2O4/c1-11-9-13(11)15(20)22-10-14(19)18-16(21)17-8-7-12-5-3-2-4-6-12/h5,11,13H,2-4,6-10H2,1H3,(H2,17,18,19,21)/t11-,13+/m1/s1. The highest BCUT2D eigenvalue weighted by Crippen LogP contribution is 2.38. The fraction of sp³-hybridized carbons (Fsp3) is 0.688. The van der Waals surface area contributed by atoms with Crippen molar-refractivity contribution in [3.05, 3.63) is 11.6 Å². The van der Waals surface area contributed by atoms with Crippen LogP contribution in [0.15, 0.2) is 11.6 Å². The Hall–Kier alpha value is -1.85. The number of allylic oxidation sites excluding steroid dienone is 1. The topological polar surface area (TPSA) is 84.5 Å². The SMILES string of the molecule is C[C@@H]1C[C@@H]1C(=O)OCC(=O)NC(=O)NCCC1=CCCCC1. The van der Waals surface area contributed by atoms with Crippen LogP contribution in [0.3, 0.4) is 0 Å². The number of esters is 1. The van der Waals surface area contributed by atoms with Crippen LogP contribution in [0.4, 0.5) is 4.79 Å². The third-order valence-electron chi connectivity index (χ3n) is 4.13. The minimum atomic E-state index is -0.601. The fourth-order valence-corrected chi connectivity index (χ4v) is 2.57. The van der Waals surface area contributed by atoms with Crippen LogP contribution in [0, 0.1) is 11.8 Å². The van der Waals surface area contributed by atoms with Crippen molar-refractivity contribution in [1.29, 1.82) is 0 Å². The smallest absolute Gasteiger partial charge is 0.321 e. The summed E-state index contributed by atoms with van der Waals surface area (Å²) in [5, 5.41) is 4.80. The Morgan fingerprint density at radius 3 is 2.73 bits per heavy atom. The summed E-state index contributed by atoms with van der Waals surface area (Å²) in [5.41, 5.74) is 1.37. The number of nitrogens with one attached hydrogen (secondary N) is 2. The Balaban J connectivity index is 1.55. The van der Waals surface area contributed by atoms with Gasteiger partial charge in [0.25, 0.3) is 5.91 Å². The van der Waals surface area contributed by atoms with Crippen LogP contribution in [-0.2, 0) is 14.3 Å². The maximum atomic E-state index is 11.5. The van der Waals surface area contributed by atoms with E-state index in [1.807, 2.05) is 6.92 Å². The van der Waals surface area contributed by atoms with Crippen molar-refractivity contribution in [3.63, 3.8) is 0 Å². The first-order valence-corrected chi connectivity index (χ1v) is 7.98. The Morgan fingerprint density at radius 1 is 1.32 bits per heavy atom. The number of hydrogen-bond donors (Lipinski definition) is 2. The zero-order valence-corrected chi connectivity index (χ0v) is 13.0. The van der Waals surface area contributed by atoms with Gasteiger partial charge in [0.2, 0.25) is 0 Å². The highest BCUT2D eigenvalue weighted by atomic mass is 16.5. The molecule has 2 aliphatic rings. The molecular weight excluding hydrogens is 284 g/mol. The second-order valence-electron chi connectivity index (χ2n) is 6.09. The van der Waals surface area contributed by atoms with E-state index in [0.29, 0.717) is 12.5 Å². The maximum Gasteiger partial charge on any atom is 0.321 e. The van der Waals surface area contributed by atoms with E-state index < -0.39 is 18.5 Å². The molecule has 1 saturated carbocycles. The number of hydrogen-bond acceptors (Lipinski definition) is 4. The second kappa shape index (κ2) is 7.96. The van der Waals surface area contributed by atoms with Gasteiger partial charge in [-0.15, -0.1) is 0 Å². The van der Waals surface area contributed by atoms with Crippen LogP contribution in [0.5, 0.6) is 0 Å². The van der Waals surface area contributed by atoms with E-state index in [2.05, 4.69) is 16.7 Å². The molecule has 0 unspecified atom stereocenters. The summed E-state index contributed by atoms with van der Waals surface area (Å²) in [4.78, 5) is 34.5. The van der Waals surface area contributed by atoms with E-state index >= 15 is 0 Å². The first-order chi connectivity index (χ1) is 10.6. The largest absolute Gasteiger partial charge is 0.455 e. The van der Waals surface area contributed by atoms with Gasteiger partial charge in [-0.1, -0.05) is 18.6 Å². The summed E-state index contributed by atoms with van der Waals surface area (Å²) in [6, 6.07) is -0.544. The predicted molar refractivity (Wildman–Crippen MR) is 80.9 cm³/mol. The van der Waals surface area contributed by atoms with Crippen LogP contribution >= 0.6 is 0 Å². The van der Waals surface area contributed by atoms with Gasteiger partial charge in [-0.3, -0.25) is 14.9 Å². The lowest BCUT2D eigenvalue weighted by atomic mass is 9.97. The normalized spacial score (nSPS) is 23.2. The minimum absolute atomic E-state index is 0.0783. The lowest BCUT2D eigenvalue weighted by Crippen LogP contribution is -2.41. The van der Waals surface area contributed by atoms with Crippen LogP contribution < -0.4 is 10.6 Å². The molecule has 0 spiro atoms. The van der Waals surface area contributed by atoms with Crippen LogP contribution in [0.2, 0.25) is 0 Å². The number of rotatable bonds is 6. The predicted octanol–water partition coefficient (Wildman–Crippen LogP) is 1.90. The summed E-state index contributed by atoms with van der Waals surface area (Å²) < 4.78 is 4.86. The van der Waals surface area contributed by atoms with E-state index in [4.69, 9.17) is 4.74 Å². The Labute approximate surface area is 130 Å². The van der Waals surface area contributed by atoms with Crippen molar-refractivity contribution in [3.8, 4) is 0 Å². The molecular formula is C16H24N2O4. The Bertz CT molecular complexity index is 473. The van der Waals surface area contributed by atoms with Crippen molar-refractivity contribution in [2.75, 3.05) is 13.2 Å². The van der Waals surface area contributed by atoms with Crippen molar-refractivity contribution >= 4 is 17.9 Å². The molecule has 2 aliphatic carbocycles. The van der Waals surface area contributed by atoms with Crippen molar-refractivity contribution in [2.45, 2.75) is 45.4 Å². The molecule has 3 amide bonds. The molecule has 6 heteroatoms. The number of amides is 3. The first kappa shape index (κ1) is 16.5. The lowest BCUT2D eigenvalue weighted by Gasteiger charge is -2.13. The lowest BCUT2D eigenvalue weighted by molar-refractivity contribution is -0.149. The van der Waals surface area contributed by atoms with Gasteiger partial charge in [0.15, 0.2) is 6.61 Å². The molecule has 22 heavy (non-hydrogen) atoms. The maximum absolute atomic E-state index is 11.5. The molecule has 0 aromatic heterocycles. The highest BCUT2D eigenvalue weighted by Gasteiger charge is 2.40. The Kier molecular flexibility index (Phi) is 5.98. The van der Waals surface area contributed by atoms with Gasteiger partial charge in [-0.2, -0.15) is 0 Å². The average molecular weight is 308 g/mol. The van der Waals surface area contributed by atoms with Crippen molar-refractivity contribution in [2.24, 2.45) is 11.8 Å². The number of imide groups is 1. The summed E-state index contributed by atoms with van der Waals surface area (Å²) >= 11 is 0. The molecule has 0 aromatic carbocycles. The molecule has 2 rings (SSSR count). The van der Waals surface area contributed by atoms with Gasteiger partial charge in [-0.05, 0) is 44.4 Å². The molecule has 1 fully saturated rings. The van der Waals surface area contributed by atoms with Crippen molar-refractivity contribution in [1.82, 2.24) is 10.6 Å². The zero-order chi connectivity index (χ0) is 15.9. The van der Waals surface area contributed by atoms with Crippen LogP contribution in [-0.4, -0.2) is 31.1 Å². The van der Waals surface area contributed by atoms with E-state index in [9.17, 15) is 14.4 Å². The third-order valence-corrected chi connectivity index (χ3v) is 4.13. The van der Waals surface area contributed by atoms with Gasteiger partial charge < -0.3 is 10.1 Å². The third kappa shape index (κ3) is 5.50. The fourth-order valence-electron chi connectivity index (χ4n) is 2.57. The first-order valence-electron chi connectivity index (χ1n) is 7.98. The monoisotopic (exact) mass is 308 g/mol. The Morgan fingerprint density at radius 2 is 2.09 bits per heavy atom.